The number of urea groups is 1. The van der Waals surface area contributed by atoms with Gasteiger partial charge in [0.05, 0.1) is 13.2 Å². The van der Waals surface area contributed by atoms with Crippen LogP contribution in [0.2, 0.25) is 0 Å². The predicted octanol–water partition coefficient (Wildman–Crippen LogP) is -1.85. The highest BCUT2D eigenvalue weighted by Crippen LogP contribution is 2.04. The van der Waals surface area contributed by atoms with Crippen molar-refractivity contribution in [2.75, 3.05) is 59.0 Å². The minimum Gasteiger partial charge on any atom is -0.395 e. The second kappa shape index (κ2) is 6.12. The normalized spacial score (nSPS) is 22.3. The fourth-order valence-electron chi connectivity index (χ4n) is 2.30. The number of carbonyl (C=O) groups is 2. The molecule has 0 unspecified atom stereocenters. The minimum atomic E-state index is -0.279. The van der Waals surface area contributed by atoms with Crippen LogP contribution in [-0.2, 0) is 4.79 Å². The number of piperazine rings is 1. The summed E-state index contributed by atoms with van der Waals surface area (Å²) in [5.74, 6) is -0.124. The first kappa shape index (κ1) is 13.3. The second-order valence-electron chi connectivity index (χ2n) is 4.62. The van der Waals surface area contributed by atoms with Crippen LogP contribution in [0.15, 0.2) is 0 Å². The number of rotatable bonds is 4. The van der Waals surface area contributed by atoms with Gasteiger partial charge in [-0.1, -0.05) is 0 Å². The molecule has 0 radical (unpaired) electrons. The molecule has 2 fully saturated rings. The van der Waals surface area contributed by atoms with Crippen molar-refractivity contribution in [1.29, 1.82) is 0 Å². The number of nitrogens with zero attached hydrogens (tertiary/aromatic N) is 3. The van der Waals surface area contributed by atoms with Crippen molar-refractivity contribution in [3.63, 3.8) is 0 Å². The molecular weight excluding hydrogens is 236 g/mol. The van der Waals surface area contributed by atoms with Gasteiger partial charge in [-0.05, 0) is 0 Å². The summed E-state index contributed by atoms with van der Waals surface area (Å²) in [7, 11) is 0. The Labute approximate surface area is 106 Å². The largest absolute Gasteiger partial charge is 0.395 e. The molecule has 18 heavy (non-hydrogen) atoms. The lowest BCUT2D eigenvalue weighted by molar-refractivity contribution is -0.129. The minimum absolute atomic E-state index is 0.124. The SMILES string of the molecule is O=C(CN1CCN(CCO)CC1)N1CCNC1=O. The molecule has 2 aliphatic rings. The van der Waals surface area contributed by atoms with Gasteiger partial charge < -0.3 is 10.4 Å². The summed E-state index contributed by atoms with van der Waals surface area (Å²) in [6.45, 7) is 5.53. The van der Waals surface area contributed by atoms with Gasteiger partial charge in [0.2, 0.25) is 5.91 Å². The highest BCUT2D eigenvalue weighted by Gasteiger charge is 2.28. The molecule has 2 aliphatic heterocycles. The van der Waals surface area contributed by atoms with Crippen LogP contribution in [0.4, 0.5) is 4.79 Å². The van der Waals surface area contributed by atoms with Crippen molar-refractivity contribution in [1.82, 2.24) is 20.0 Å². The quantitative estimate of drug-likeness (QED) is 0.617. The van der Waals surface area contributed by atoms with E-state index < -0.39 is 0 Å². The zero-order chi connectivity index (χ0) is 13.0. The van der Waals surface area contributed by atoms with Crippen LogP contribution >= 0.6 is 0 Å². The van der Waals surface area contributed by atoms with Crippen molar-refractivity contribution in [3.05, 3.63) is 0 Å². The Kier molecular flexibility index (Phi) is 4.51. The van der Waals surface area contributed by atoms with E-state index in [0.29, 0.717) is 26.2 Å². The number of carbonyl (C=O) groups excluding carboxylic acids is 2. The number of nitrogens with one attached hydrogen (secondary N) is 1. The van der Waals surface area contributed by atoms with Gasteiger partial charge in [0.1, 0.15) is 0 Å². The zero-order valence-corrected chi connectivity index (χ0v) is 10.5. The highest BCUT2D eigenvalue weighted by molar-refractivity contribution is 5.96. The third-order valence-electron chi connectivity index (χ3n) is 3.40. The molecule has 0 saturated carbocycles. The van der Waals surface area contributed by atoms with Gasteiger partial charge in [-0.15, -0.1) is 0 Å². The highest BCUT2D eigenvalue weighted by atomic mass is 16.3. The number of aliphatic hydroxyl groups is 1. The van der Waals surface area contributed by atoms with Gasteiger partial charge in [0, 0.05) is 45.8 Å². The Morgan fingerprint density at radius 3 is 2.39 bits per heavy atom. The molecule has 0 atom stereocenters. The molecule has 3 amide bonds. The van der Waals surface area contributed by atoms with Crippen LogP contribution in [0.5, 0.6) is 0 Å². The van der Waals surface area contributed by atoms with Crippen LogP contribution in [0.25, 0.3) is 0 Å². The van der Waals surface area contributed by atoms with E-state index in [0.717, 1.165) is 26.2 Å². The standard InChI is InChI=1S/C11H20N4O3/c16-8-7-13-3-5-14(6-4-13)9-10(17)15-2-1-12-11(15)18/h16H,1-9H2,(H,12,18). The molecule has 0 aliphatic carbocycles. The number of aliphatic hydroxyl groups excluding tert-OH is 1. The maximum atomic E-state index is 11.9. The summed E-state index contributed by atoms with van der Waals surface area (Å²) < 4.78 is 0. The van der Waals surface area contributed by atoms with E-state index in [4.69, 9.17) is 5.11 Å². The number of β-amino-alcohol motifs (C(OH)–C–C–N with tert-alkyl or cyclic N) is 1. The van der Waals surface area contributed by atoms with Crippen molar-refractivity contribution in [2.24, 2.45) is 0 Å². The Bertz CT molecular complexity index is 315. The molecule has 0 aromatic rings. The van der Waals surface area contributed by atoms with Crippen LogP contribution in [0.1, 0.15) is 0 Å². The van der Waals surface area contributed by atoms with Crippen molar-refractivity contribution >= 4 is 11.9 Å². The van der Waals surface area contributed by atoms with E-state index in [1.165, 1.54) is 4.90 Å². The van der Waals surface area contributed by atoms with Gasteiger partial charge >= 0.3 is 6.03 Å². The van der Waals surface area contributed by atoms with Crippen LogP contribution < -0.4 is 5.32 Å². The predicted molar refractivity (Wildman–Crippen MR) is 65.1 cm³/mol. The first-order chi connectivity index (χ1) is 8.70. The van der Waals surface area contributed by atoms with Gasteiger partial charge in [0.15, 0.2) is 0 Å². The summed E-state index contributed by atoms with van der Waals surface area (Å²) in [4.78, 5) is 28.7. The molecule has 2 N–H and O–H groups in total. The molecule has 0 spiro atoms. The first-order valence-electron chi connectivity index (χ1n) is 6.34. The monoisotopic (exact) mass is 256 g/mol. The number of hydrogen-bond donors (Lipinski definition) is 2. The average molecular weight is 256 g/mol. The van der Waals surface area contributed by atoms with E-state index in [1.807, 2.05) is 0 Å². The maximum absolute atomic E-state index is 11.9. The molecule has 2 saturated heterocycles. The molecule has 0 bridgehead atoms. The average Bonchev–Trinajstić information content (AvgIpc) is 2.78. The van der Waals surface area contributed by atoms with Crippen LogP contribution in [0.3, 0.4) is 0 Å². The van der Waals surface area contributed by atoms with Gasteiger partial charge in [-0.25, -0.2) is 4.79 Å². The van der Waals surface area contributed by atoms with Crippen molar-refractivity contribution in [3.8, 4) is 0 Å². The summed E-state index contributed by atoms with van der Waals surface area (Å²) >= 11 is 0. The summed E-state index contributed by atoms with van der Waals surface area (Å²) in [5.41, 5.74) is 0. The molecular formula is C11H20N4O3. The topological polar surface area (TPSA) is 76.1 Å². The van der Waals surface area contributed by atoms with E-state index >= 15 is 0 Å². The lowest BCUT2D eigenvalue weighted by Crippen LogP contribution is -2.50. The third-order valence-corrected chi connectivity index (χ3v) is 3.40. The third kappa shape index (κ3) is 3.18. The fraction of sp³-hybridized carbons (Fsp3) is 0.818. The molecule has 0 aromatic heterocycles. The van der Waals surface area contributed by atoms with Gasteiger partial charge in [0.25, 0.3) is 0 Å². The Hall–Kier alpha value is -1.18. The number of amides is 3. The Morgan fingerprint density at radius 2 is 1.83 bits per heavy atom. The number of imide groups is 1. The first-order valence-corrected chi connectivity index (χ1v) is 6.34. The Balaban J connectivity index is 1.74. The summed E-state index contributed by atoms with van der Waals surface area (Å²) in [6.07, 6.45) is 0. The smallest absolute Gasteiger partial charge is 0.324 e. The molecule has 2 rings (SSSR count). The molecule has 7 nitrogen and oxygen atoms in total. The maximum Gasteiger partial charge on any atom is 0.324 e. The molecule has 7 heteroatoms. The molecule has 102 valence electrons. The van der Waals surface area contributed by atoms with E-state index in [9.17, 15) is 9.59 Å². The van der Waals surface area contributed by atoms with E-state index in [1.54, 1.807) is 0 Å². The fourth-order valence-corrected chi connectivity index (χ4v) is 2.30. The molecule has 2 heterocycles. The van der Waals surface area contributed by atoms with Gasteiger partial charge in [-0.3, -0.25) is 19.5 Å². The lowest BCUT2D eigenvalue weighted by atomic mass is 10.3. The lowest BCUT2D eigenvalue weighted by Gasteiger charge is -2.34. The zero-order valence-electron chi connectivity index (χ0n) is 10.5. The number of hydrogen-bond acceptors (Lipinski definition) is 5. The van der Waals surface area contributed by atoms with Crippen molar-refractivity contribution < 1.29 is 14.7 Å². The molecule has 0 aromatic carbocycles. The Morgan fingerprint density at radius 1 is 1.17 bits per heavy atom. The second-order valence-corrected chi connectivity index (χ2v) is 4.62. The van der Waals surface area contributed by atoms with Crippen LogP contribution in [0, 0.1) is 0 Å². The van der Waals surface area contributed by atoms with Gasteiger partial charge in [-0.2, -0.15) is 0 Å². The summed E-state index contributed by atoms with van der Waals surface area (Å²) in [5, 5.41) is 11.5. The van der Waals surface area contributed by atoms with Crippen molar-refractivity contribution in [2.45, 2.75) is 0 Å². The van der Waals surface area contributed by atoms with Crippen LogP contribution in [-0.4, -0.2) is 90.7 Å². The van der Waals surface area contributed by atoms with E-state index in [2.05, 4.69) is 15.1 Å². The summed E-state index contributed by atoms with van der Waals surface area (Å²) in [6, 6.07) is -0.279. The van der Waals surface area contributed by atoms with E-state index in [-0.39, 0.29) is 18.5 Å².